The van der Waals surface area contributed by atoms with Gasteiger partial charge in [0.15, 0.2) is 0 Å². The third kappa shape index (κ3) is 4.12. The molecule has 0 fully saturated rings. The summed E-state index contributed by atoms with van der Waals surface area (Å²) in [5, 5.41) is 6.90. The van der Waals surface area contributed by atoms with E-state index in [4.69, 9.17) is 4.74 Å². The van der Waals surface area contributed by atoms with Crippen LogP contribution in [0.5, 0.6) is 0 Å². The van der Waals surface area contributed by atoms with Gasteiger partial charge in [-0.2, -0.15) is 5.10 Å². The summed E-state index contributed by atoms with van der Waals surface area (Å²) in [4.78, 5) is 24.4. The van der Waals surface area contributed by atoms with Gasteiger partial charge < -0.3 is 10.1 Å². The summed E-state index contributed by atoms with van der Waals surface area (Å²) in [5.41, 5.74) is 2.02. The van der Waals surface area contributed by atoms with Crippen LogP contribution in [0.25, 0.3) is 5.69 Å². The molecule has 1 N–H and O–H groups in total. The van der Waals surface area contributed by atoms with Gasteiger partial charge in [-0.1, -0.05) is 22.0 Å². The number of ether oxygens (including phenoxy) is 1. The quantitative estimate of drug-likeness (QED) is 0.586. The highest BCUT2D eigenvalue weighted by Crippen LogP contribution is 2.21. The Balaban J connectivity index is 1.86. The smallest absolute Gasteiger partial charge is 0.341 e. The number of carbonyl (C=O) groups is 2. The number of esters is 1. The largest absolute Gasteiger partial charge is 0.462 e. The molecule has 1 aromatic heterocycles. The molecule has 1 heterocycles. The highest BCUT2D eigenvalue weighted by Gasteiger charge is 2.17. The van der Waals surface area contributed by atoms with Crippen LogP contribution in [0.2, 0.25) is 0 Å². The predicted molar refractivity (Wildman–Crippen MR) is 106 cm³/mol. The van der Waals surface area contributed by atoms with Crippen molar-refractivity contribution in [3.8, 4) is 5.69 Å². The first kappa shape index (κ1) is 19.8. The molecule has 0 radical (unpaired) electrons. The monoisotopic (exact) mass is 445 g/mol. The van der Waals surface area contributed by atoms with E-state index in [1.807, 2.05) is 0 Å². The van der Waals surface area contributed by atoms with E-state index < -0.39 is 17.7 Å². The van der Waals surface area contributed by atoms with Gasteiger partial charge in [-0.25, -0.2) is 13.9 Å². The molecule has 0 atom stereocenters. The molecule has 0 spiro atoms. The molecular weight excluding hydrogens is 429 g/mol. The van der Waals surface area contributed by atoms with Crippen molar-refractivity contribution in [2.75, 3.05) is 11.9 Å². The molecule has 0 aliphatic heterocycles. The Morgan fingerprint density at radius 1 is 1.21 bits per heavy atom. The number of nitrogens with one attached hydrogen (secondary N) is 1. The maximum atomic E-state index is 13.9. The Hall–Kier alpha value is -3.00. The third-order valence-corrected chi connectivity index (χ3v) is 4.52. The lowest BCUT2D eigenvalue weighted by Crippen LogP contribution is -2.14. The van der Waals surface area contributed by atoms with Crippen LogP contribution in [0.15, 0.2) is 53.1 Å². The fourth-order valence-corrected chi connectivity index (χ4v) is 3.03. The van der Waals surface area contributed by atoms with E-state index in [9.17, 15) is 14.0 Å². The zero-order valence-electron chi connectivity index (χ0n) is 15.2. The molecule has 0 aliphatic rings. The van der Waals surface area contributed by atoms with Gasteiger partial charge in [0, 0.05) is 10.2 Å². The van der Waals surface area contributed by atoms with Crippen molar-refractivity contribution in [3.63, 3.8) is 0 Å². The third-order valence-electron chi connectivity index (χ3n) is 4.03. The van der Waals surface area contributed by atoms with Crippen LogP contribution in [0.3, 0.4) is 0 Å². The van der Waals surface area contributed by atoms with Crippen molar-refractivity contribution in [1.29, 1.82) is 0 Å². The summed E-state index contributed by atoms with van der Waals surface area (Å²) in [6.45, 7) is 3.76. The van der Waals surface area contributed by atoms with E-state index >= 15 is 0 Å². The number of nitrogens with zero attached hydrogens (tertiary/aromatic N) is 2. The van der Waals surface area contributed by atoms with Gasteiger partial charge in [0.1, 0.15) is 11.4 Å². The number of anilines is 1. The molecular formula is C20H17BrFN3O3. The molecule has 8 heteroatoms. The predicted octanol–water partition coefficient (Wildman–Crippen LogP) is 4.51. The Labute approximate surface area is 169 Å². The maximum Gasteiger partial charge on any atom is 0.341 e. The van der Waals surface area contributed by atoms with E-state index in [1.165, 1.54) is 24.4 Å². The van der Waals surface area contributed by atoms with Gasteiger partial charge in [-0.3, -0.25) is 4.79 Å². The van der Waals surface area contributed by atoms with Crippen LogP contribution >= 0.6 is 15.9 Å². The SMILES string of the molecule is CCOC(=O)c1cnn(-c2cccc(NC(=O)c3cc(Br)ccc3F)c2)c1C. The first-order valence-electron chi connectivity index (χ1n) is 8.49. The van der Waals surface area contributed by atoms with Crippen LogP contribution in [0.1, 0.15) is 33.3 Å². The standard InChI is InChI=1S/C20H17BrFN3O3/c1-3-28-20(27)17-11-23-25(12(17)2)15-6-4-5-14(10-15)24-19(26)16-9-13(21)7-8-18(16)22/h4-11H,3H2,1-2H3,(H,24,26). The number of halogens is 2. The van der Waals surface area contributed by atoms with Gasteiger partial charge in [-0.15, -0.1) is 0 Å². The second-order valence-electron chi connectivity index (χ2n) is 5.90. The van der Waals surface area contributed by atoms with Gasteiger partial charge in [0.25, 0.3) is 5.91 Å². The lowest BCUT2D eigenvalue weighted by Gasteiger charge is -2.10. The van der Waals surface area contributed by atoms with Gasteiger partial charge in [-0.05, 0) is 50.2 Å². The second-order valence-corrected chi connectivity index (χ2v) is 6.82. The van der Waals surface area contributed by atoms with Crippen LogP contribution < -0.4 is 5.32 Å². The van der Waals surface area contributed by atoms with Crippen molar-refractivity contribution in [2.45, 2.75) is 13.8 Å². The minimum atomic E-state index is -0.612. The minimum absolute atomic E-state index is 0.0698. The molecule has 0 unspecified atom stereocenters. The zero-order valence-corrected chi connectivity index (χ0v) is 16.8. The molecule has 0 bridgehead atoms. The molecule has 28 heavy (non-hydrogen) atoms. The van der Waals surface area contributed by atoms with E-state index in [1.54, 1.807) is 42.8 Å². The molecule has 3 aromatic rings. The Morgan fingerprint density at radius 2 is 2.00 bits per heavy atom. The normalized spacial score (nSPS) is 10.6. The number of benzene rings is 2. The van der Waals surface area contributed by atoms with Crippen LogP contribution in [0, 0.1) is 12.7 Å². The molecule has 1 amide bonds. The number of amides is 1. The van der Waals surface area contributed by atoms with E-state index in [-0.39, 0.29) is 12.2 Å². The lowest BCUT2D eigenvalue weighted by molar-refractivity contribution is 0.0525. The molecule has 144 valence electrons. The van der Waals surface area contributed by atoms with Crippen LogP contribution in [-0.4, -0.2) is 28.3 Å². The summed E-state index contributed by atoms with van der Waals surface area (Å²) in [6, 6.07) is 11.0. The Kier molecular flexibility index (Phi) is 5.89. The summed E-state index contributed by atoms with van der Waals surface area (Å²) in [7, 11) is 0. The summed E-state index contributed by atoms with van der Waals surface area (Å²) in [5.74, 6) is -1.62. The van der Waals surface area contributed by atoms with Crippen LogP contribution in [-0.2, 0) is 4.74 Å². The Morgan fingerprint density at radius 3 is 2.75 bits per heavy atom. The highest BCUT2D eigenvalue weighted by atomic mass is 79.9. The number of rotatable bonds is 5. The van der Waals surface area contributed by atoms with Gasteiger partial charge in [0.05, 0.1) is 29.7 Å². The van der Waals surface area contributed by atoms with E-state index in [0.717, 1.165) is 0 Å². The maximum absolute atomic E-state index is 13.9. The fourth-order valence-electron chi connectivity index (χ4n) is 2.66. The van der Waals surface area contributed by atoms with Crippen LogP contribution in [0.4, 0.5) is 10.1 Å². The first-order valence-corrected chi connectivity index (χ1v) is 9.28. The Bertz CT molecular complexity index is 1050. The first-order chi connectivity index (χ1) is 13.4. The summed E-state index contributed by atoms with van der Waals surface area (Å²) < 4.78 is 21.1. The highest BCUT2D eigenvalue weighted by molar-refractivity contribution is 9.10. The van der Waals surface area contributed by atoms with Crippen molar-refractivity contribution >= 4 is 33.5 Å². The van der Waals surface area contributed by atoms with Crippen molar-refractivity contribution in [2.24, 2.45) is 0 Å². The number of hydrogen-bond donors (Lipinski definition) is 1. The van der Waals surface area contributed by atoms with Gasteiger partial charge in [0.2, 0.25) is 0 Å². The minimum Gasteiger partial charge on any atom is -0.462 e. The number of hydrogen-bond acceptors (Lipinski definition) is 4. The molecule has 6 nitrogen and oxygen atoms in total. The lowest BCUT2D eigenvalue weighted by atomic mass is 10.2. The molecule has 0 saturated heterocycles. The van der Waals surface area contributed by atoms with E-state index in [0.29, 0.717) is 27.1 Å². The topological polar surface area (TPSA) is 73.2 Å². The molecule has 3 rings (SSSR count). The summed E-state index contributed by atoms with van der Waals surface area (Å²) >= 11 is 3.23. The number of aromatic nitrogens is 2. The van der Waals surface area contributed by atoms with Gasteiger partial charge >= 0.3 is 5.97 Å². The molecule has 0 aliphatic carbocycles. The van der Waals surface area contributed by atoms with E-state index in [2.05, 4.69) is 26.3 Å². The fraction of sp³-hybridized carbons (Fsp3) is 0.150. The number of carbonyl (C=O) groups excluding carboxylic acids is 2. The van der Waals surface area contributed by atoms with Crippen molar-refractivity contribution < 1.29 is 18.7 Å². The van der Waals surface area contributed by atoms with Crippen molar-refractivity contribution in [1.82, 2.24) is 9.78 Å². The molecule has 0 saturated carbocycles. The average molecular weight is 446 g/mol. The second kappa shape index (κ2) is 8.35. The summed E-state index contributed by atoms with van der Waals surface area (Å²) in [6.07, 6.45) is 1.44. The average Bonchev–Trinajstić information content (AvgIpc) is 3.05. The zero-order chi connectivity index (χ0) is 20.3. The van der Waals surface area contributed by atoms with Crippen molar-refractivity contribution in [3.05, 3.63) is 75.8 Å². The molecule has 2 aromatic carbocycles.